The molecule has 0 bridgehead atoms. The number of hydrogen-bond acceptors (Lipinski definition) is 1. The highest BCUT2D eigenvalue weighted by molar-refractivity contribution is 5.61. The molecule has 1 unspecified atom stereocenters. The van der Waals surface area contributed by atoms with Gasteiger partial charge in [0.1, 0.15) is 0 Å². The van der Waals surface area contributed by atoms with Gasteiger partial charge in [0.2, 0.25) is 0 Å². The third-order valence-corrected chi connectivity index (χ3v) is 3.58. The van der Waals surface area contributed by atoms with Gasteiger partial charge in [-0.2, -0.15) is 0 Å². The highest BCUT2D eigenvalue weighted by Gasteiger charge is 2.33. The summed E-state index contributed by atoms with van der Waals surface area (Å²) in [6, 6.07) is 0. The van der Waals surface area contributed by atoms with Crippen molar-refractivity contribution in [1.29, 1.82) is 0 Å². The van der Waals surface area contributed by atoms with E-state index in [9.17, 15) is 5.11 Å². The summed E-state index contributed by atoms with van der Waals surface area (Å²) in [5, 5.41) is 9.98. The highest BCUT2D eigenvalue weighted by atomic mass is 16.3. The van der Waals surface area contributed by atoms with Crippen molar-refractivity contribution in [3.8, 4) is 0 Å². The Bertz CT molecular complexity index is 279. The van der Waals surface area contributed by atoms with E-state index >= 15 is 0 Å². The van der Waals surface area contributed by atoms with Crippen LogP contribution in [0.2, 0.25) is 0 Å². The Morgan fingerprint density at radius 2 is 1.06 bits per heavy atom. The third-order valence-electron chi connectivity index (χ3n) is 3.58. The van der Waals surface area contributed by atoms with Gasteiger partial charge in [-0.15, -0.1) is 0 Å². The van der Waals surface area contributed by atoms with Crippen LogP contribution in [0, 0.1) is 5.92 Å². The topological polar surface area (TPSA) is 20.2 Å². The van der Waals surface area contributed by atoms with Gasteiger partial charge in [-0.3, -0.25) is 0 Å². The Hall–Kier alpha value is -0.560. The number of rotatable bonds is 5. The minimum absolute atomic E-state index is 0.324. The Morgan fingerprint density at radius 3 is 1.25 bits per heavy atom. The van der Waals surface area contributed by atoms with Gasteiger partial charge >= 0.3 is 0 Å². The molecular formula is C15H25O. The summed E-state index contributed by atoms with van der Waals surface area (Å²) < 4.78 is 0. The molecule has 0 spiro atoms. The average molecular weight is 221 g/mol. The van der Waals surface area contributed by atoms with E-state index in [1.54, 1.807) is 0 Å². The van der Waals surface area contributed by atoms with Crippen LogP contribution in [0.1, 0.15) is 60.3 Å². The second kappa shape index (κ2) is 5.67. The van der Waals surface area contributed by atoms with E-state index in [0.717, 1.165) is 25.7 Å². The molecule has 1 heteroatoms. The zero-order valence-corrected chi connectivity index (χ0v) is 11.4. The second-order valence-electron chi connectivity index (χ2n) is 4.42. The molecule has 1 nitrogen and oxygen atoms in total. The van der Waals surface area contributed by atoms with Crippen molar-refractivity contribution in [2.75, 3.05) is 0 Å². The monoisotopic (exact) mass is 221 g/mol. The zero-order valence-electron chi connectivity index (χ0n) is 11.4. The summed E-state index contributed by atoms with van der Waals surface area (Å²) in [6.07, 6.45) is 3.93. The van der Waals surface area contributed by atoms with Gasteiger partial charge in [-0.25, -0.2) is 0 Å². The van der Waals surface area contributed by atoms with Crippen LogP contribution < -0.4 is 0 Å². The van der Waals surface area contributed by atoms with Gasteiger partial charge < -0.3 is 5.11 Å². The molecule has 1 N–H and O–H groups in total. The summed E-state index contributed by atoms with van der Waals surface area (Å²) in [5.41, 5.74) is 5.81. The fourth-order valence-corrected chi connectivity index (χ4v) is 3.04. The number of aliphatic hydroxyl groups excluding tert-OH is 1. The first-order chi connectivity index (χ1) is 7.62. The van der Waals surface area contributed by atoms with Crippen molar-refractivity contribution < 1.29 is 5.11 Å². The van der Waals surface area contributed by atoms with E-state index in [1.807, 2.05) is 6.92 Å². The van der Waals surface area contributed by atoms with Crippen molar-refractivity contribution in [2.45, 2.75) is 66.4 Å². The predicted octanol–water partition coefficient (Wildman–Crippen LogP) is 4.19. The molecule has 0 aromatic carbocycles. The molecule has 1 aliphatic rings. The van der Waals surface area contributed by atoms with Crippen LogP contribution in [0.5, 0.6) is 0 Å². The average Bonchev–Trinajstić information content (AvgIpc) is 2.60. The van der Waals surface area contributed by atoms with Crippen molar-refractivity contribution in [3.63, 3.8) is 0 Å². The normalized spacial score (nSPS) is 19.9. The number of allylic oxidation sites excluding steroid dienone is 2. The van der Waals surface area contributed by atoms with E-state index in [2.05, 4.69) is 27.7 Å². The van der Waals surface area contributed by atoms with Gasteiger partial charge in [0.05, 0.1) is 12.0 Å². The Morgan fingerprint density at radius 1 is 0.750 bits per heavy atom. The van der Waals surface area contributed by atoms with Crippen LogP contribution >= 0.6 is 0 Å². The maximum Gasteiger partial charge on any atom is 0.0655 e. The fourth-order valence-electron chi connectivity index (χ4n) is 3.04. The van der Waals surface area contributed by atoms with Crippen LogP contribution in [0.25, 0.3) is 0 Å². The van der Waals surface area contributed by atoms with Crippen LogP contribution in [0.4, 0.5) is 0 Å². The summed E-state index contributed by atoms with van der Waals surface area (Å²) >= 11 is 0. The second-order valence-corrected chi connectivity index (χ2v) is 4.42. The van der Waals surface area contributed by atoms with E-state index in [-0.39, 0.29) is 6.10 Å². The molecule has 1 aliphatic carbocycles. The first-order valence-corrected chi connectivity index (χ1v) is 6.62. The molecule has 0 amide bonds. The molecule has 0 aliphatic heterocycles. The fraction of sp³-hybridized carbons (Fsp3) is 0.667. The third kappa shape index (κ3) is 2.10. The van der Waals surface area contributed by atoms with Crippen molar-refractivity contribution in [3.05, 3.63) is 28.2 Å². The summed E-state index contributed by atoms with van der Waals surface area (Å²) in [5.74, 6) is 1.22. The van der Waals surface area contributed by atoms with Crippen molar-refractivity contribution in [1.82, 2.24) is 0 Å². The van der Waals surface area contributed by atoms with Gasteiger partial charge in [-0.05, 0) is 43.8 Å². The number of hydrogen-bond donors (Lipinski definition) is 1. The SMILES string of the molecule is CCC1=C(CC)C(CC)=C(CC)[C]1C(C)O. The summed E-state index contributed by atoms with van der Waals surface area (Å²) in [6.45, 7) is 10.7. The molecule has 1 atom stereocenters. The van der Waals surface area contributed by atoms with E-state index in [4.69, 9.17) is 0 Å². The van der Waals surface area contributed by atoms with E-state index < -0.39 is 0 Å². The first-order valence-electron chi connectivity index (χ1n) is 6.62. The van der Waals surface area contributed by atoms with E-state index in [1.165, 1.54) is 28.2 Å². The standard InChI is InChI=1S/C15H25O/c1-6-11-12(7-2)14(9-4)15(10(5)16)13(11)8-3/h10,16H,6-9H2,1-5H3. The van der Waals surface area contributed by atoms with Gasteiger partial charge in [0.15, 0.2) is 0 Å². The van der Waals surface area contributed by atoms with Gasteiger partial charge in [-0.1, -0.05) is 38.8 Å². The van der Waals surface area contributed by atoms with Gasteiger partial charge in [0, 0.05) is 0 Å². The maximum absolute atomic E-state index is 9.98. The summed E-state index contributed by atoms with van der Waals surface area (Å²) in [7, 11) is 0. The Labute approximate surface area is 100 Å². The molecule has 0 saturated heterocycles. The highest BCUT2D eigenvalue weighted by Crippen LogP contribution is 2.46. The molecule has 0 saturated carbocycles. The first kappa shape index (κ1) is 13.5. The minimum atomic E-state index is -0.324. The van der Waals surface area contributed by atoms with E-state index in [0.29, 0.717) is 0 Å². The lowest BCUT2D eigenvalue weighted by Crippen LogP contribution is -2.16. The molecule has 0 fully saturated rings. The zero-order chi connectivity index (χ0) is 12.3. The lowest BCUT2D eigenvalue weighted by atomic mass is 9.87. The quantitative estimate of drug-likeness (QED) is 0.738. The van der Waals surface area contributed by atoms with Crippen LogP contribution in [-0.2, 0) is 0 Å². The van der Waals surface area contributed by atoms with Crippen molar-refractivity contribution >= 4 is 0 Å². The minimum Gasteiger partial charge on any atom is -0.392 e. The molecule has 16 heavy (non-hydrogen) atoms. The largest absolute Gasteiger partial charge is 0.392 e. The Balaban J connectivity index is 3.25. The smallest absolute Gasteiger partial charge is 0.0655 e. The molecule has 1 radical (unpaired) electrons. The molecule has 91 valence electrons. The summed E-state index contributed by atoms with van der Waals surface area (Å²) in [4.78, 5) is 0. The molecule has 1 rings (SSSR count). The molecule has 0 aromatic heterocycles. The predicted molar refractivity (Wildman–Crippen MR) is 70.1 cm³/mol. The molecule has 0 heterocycles. The molecule has 0 aromatic rings. The van der Waals surface area contributed by atoms with Crippen LogP contribution in [-0.4, -0.2) is 11.2 Å². The van der Waals surface area contributed by atoms with Crippen LogP contribution in [0.3, 0.4) is 0 Å². The maximum atomic E-state index is 9.98. The van der Waals surface area contributed by atoms with Crippen molar-refractivity contribution in [2.24, 2.45) is 0 Å². The van der Waals surface area contributed by atoms with Gasteiger partial charge in [0.25, 0.3) is 0 Å². The lowest BCUT2D eigenvalue weighted by Gasteiger charge is -2.20. The lowest BCUT2D eigenvalue weighted by molar-refractivity contribution is 0.215. The molecular weight excluding hydrogens is 196 g/mol. The Kier molecular flexibility index (Phi) is 4.79. The van der Waals surface area contributed by atoms with Crippen LogP contribution in [0.15, 0.2) is 22.3 Å². The number of aliphatic hydroxyl groups is 1.